The van der Waals surface area contributed by atoms with Crippen molar-refractivity contribution in [3.63, 3.8) is 0 Å². The number of nitro groups is 1. The highest BCUT2D eigenvalue weighted by Gasteiger charge is 2.19. The second kappa shape index (κ2) is 6.92. The summed E-state index contributed by atoms with van der Waals surface area (Å²) in [4.78, 5) is 10.3. The second-order valence-electron chi connectivity index (χ2n) is 4.52. The third-order valence-electron chi connectivity index (χ3n) is 3.20. The number of nitro benzene ring substituents is 1. The highest BCUT2D eigenvalue weighted by Crippen LogP contribution is 2.22. The molecule has 5 nitrogen and oxygen atoms in total. The van der Waals surface area contributed by atoms with E-state index in [-0.39, 0.29) is 24.4 Å². The maximum absolute atomic E-state index is 13.8. The molecule has 0 fully saturated rings. The Morgan fingerprint density at radius 2 is 1.90 bits per heavy atom. The highest BCUT2D eigenvalue weighted by atomic mass is 19.1. The number of rotatable bonds is 6. The van der Waals surface area contributed by atoms with Crippen molar-refractivity contribution in [2.75, 3.05) is 6.61 Å². The van der Waals surface area contributed by atoms with E-state index in [4.69, 9.17) is 0 Å². The van der Waals surface area contributed by atoms with Crippen LogP contribution in [0.5, 0.6) is 0 Å². The Balaban J connectivity index is 2.17. The van der Waals surface area contributed by atoms with Crippen molar-refractivity contribution in [3.05, 3.63) is 75.6 Å². The van der Waals surface area contributed by atoms with Crippen molar-refractivity contribution < 1.29 is 14.4 Å². The molecular formula is C15H15FN2O3. The standard InChI is InChI=1S/C15H15FN2O3/c16-13-7-4-8-15(18(20)21)12(13)9-17-14(10-19)11-5-2-1-3-6-11/h1-8,14,17,19H,9-10H2. The number of benzene rings is 2. The fourth-order valence-electron chi connectivity index (χ4n) is 2.09. The molecule has 2 N–H and O–H groups in total. The Morgan fingerprint density at radius 3 is 2.52 bits per heavy atom. The van der Waals surface area contributed by atoms with Crippen LogP contribution in [0.15, 0.2) is 48.5 Å². The van der Waals surface area contributed by atoms with Crippen LogP contribution in [0.3, 0.4) is 0 Å². The number of nitrogens with zero attached hydrogens (tertiary/aromatic N) is 1. The summed E-state index contributed by atoms with van der Waals surface area (Å²) in [6.45, 7) is -0.227. The van der Waals surface area contributed by atoms with E-state index in [0.29, 0.717) is 0 Å². The minimum Gasteiger partial charge on any atom is -0.394 e. The summed E-state index contributed by atoms with van der Waals surface area (Å²) >= 11 is 0. The van der Waals surface area contributed by atoms with E-state index >= 15 is 0 Å². The number of nitrogens with one attached hydrogen (secondary N) is 1. The van der Waals surface area contributed by atoms with Gasteiger partial charge in [-0.1, -0.05) is 36.4 Å². The van der Waals surface area contributed by atoms with Crippen LogP contribution in [0.1, 0.15) is 17.2 Å². The van der Waals surface area contributed by atoms with Crippen LogP contribution in [-0.4, -0.2) is 16.6 Å². The summed E-state index contributed by atoms with van der Waals surface area (Å²) in [7, 11) is 0. The number of aliphatic hydroxyl groups is 1. The van der Waals surface area contributed by atoms with Gasteiger partial charge in [-0.3, -0.25) is 10.1 Å². The van der Waals surface area contributed by atoms with Gasteiger partial charge in [-0.05, 0) is 11.6 Å². The van der Waals surface area contributed by atoms with Gasteiger partial charge < -0.3 is 10.4 Å². The van der Waals surface area contributed by atoms with Crippen LogP contribution >= 0.6 is 0 Å². The topological polar surface area (TPSA) is 75.4 Å². The molecule has 2 aromatic rings. The zero-order valence-corrected chi connectivity index (χ0v) is 11.2. The van der Waals surface area contributed by atoms with Gasteiger partial charge in [0.15, 0.2) is 0 Å². The molecule has 0 amide bonds. The lowest BCUT2D eigenvalue weighted by Gasteiger charge is -2.17. The SMILES string of the molecule is O=[N+]([O-])c1cccc(F)c1CNC(CO)c1ccccc1. The summed E-state index contributed by atoms with van der Waals surface area (Å²) in [5.74, 6) is -0.638. The molecule has 0 heterocycles. The van der Waals surface area contributed by atoms with E-state index < -0.39 is 16.8 Å². The molecule has 0 saturated heterocycles. The number of halogens is 1. The van der Waals surface area contributed by atoms with Crippen LogP contribution < -0.4 is 5.32 Å². The molecule has 0 aliphatic carbocycles. The van der Waals surface area contributed by atoms with E-state index in [1.54, 1.807) is 0 Å². The highest BCUT2D eigenvalue weighted by molar-refractivity contribution is 5.41. The predicted molar refractivity (Wildman–Crippen MR) is 76.2 cm³/mol. The normalized spacial score (nSPS) is 12.1. The van der Waals surface area contributed by atoms with Crippen molar-refractivity contribution in [2.45, 2.75) is 12.6 Å². The number of aliphatic hydroxyl groups excluding tert-OH is 1. The number of hydrogen-bond donors (Lipinski definition) is 2. The zero-order valence-electron chi connectivity index (χ0n) is 11.2. The van der Waals surface area contributed by atoms with Crippen molar-refractivity contribution in [3.8, 4) is 0 Å². The maximum Gasteiger partial charge on any atom is 0.276 e. The maximum atomic E-state index is 13.8. The van der Waals surface area contributed by atoms with E-state index in [1.807, 2.05) is 30.3 Å². The lowest BCUT2D eigenvalue weighted by molar-refractivity contribution is -0.385. The van der Waals surface area contributed by atoms with Gasteiger partial charge in [0.1, 0.15) is 5.82 Å². The Labute approximate surface area is 121 Å². The Hall–Kier alpha value is -2.31. The summed E-state index contributed by atoms with van der Waals surface area (Å²) in [6.07, 6.45) is 0. The van der Waals surface area contributed by atoms with Crippen LogP contribution in [0.2, 0.25) is 0 Å². The molecule has 1 unspecified atom stereocenters. The van der Waals surface area contributed by atoms with Crippen molar-refractivity contribution >= 4 is 5.69 Å². The van der Waals surface area contributed by atoms with E-state index in [0.717, 1.165) is 5.56 Å². The summed E-state index contributed by atoms with van der Waals surface area (Å²) in [5.41, 5.74) is 0.545. The first kappa shape index (κ1) is 15.1. The number of hydrogen-bond acceptors (Lipinski definition) is 4. The van der Waals surface area contributed by atoms with Crippen LogP contribution in [-0.2, 0) is 6.54 Å². The van der Waals surface area contributed by atoms with Crippen molar-refractivity contribution in [1.82, 2.24) is 5.32 Å². The largest absolute Gasteiger partial charge is 0.394 e. The molecular weight excluding hydrogens is 275 g/mol. The minimum absolute atomic E-state index is 0.0168. The molecule has 0 spiro atoms. The molecule has 6 heteroatoms. The lowest BCUT2D eigenvalue weighted by atomic mass is 10.1. The predicted octanol–water partition coefficient (Wildman–Crippen LogP) is 2.56. The molecule has 2 rings (SSSR count). The van der Waals surface area contributed by atoms with Gasteiger partial charge >= 0.3 is 0 Å². The molecule has 0 saturated carbocycles. The Kier molecular flexibility index (Phi) is 4.97. The molecule has 0 aliphatic heterocycles. The third kappa shape index (κ3) is 3.62. The second-order valence-corrected chi connectivity index (χ2v) is 4.52. The Morgan fingerprint density at radius 1 is 1.19 bits per heavy atom. The third-order valence-corrected chi connectivity index (χ3v) is 3.20. The zero-order chi connectivity index (χ0) is 15.2. The average molecular weight is 290 g/mol. The molecule has 0 bridgehead atoms. The average Bonchev–Trinajstić information content (AvgIpc) is 2.50. The summed E-state index contributed by atoms with van der Waals surface area (Å²) in [5, 5.41) is 23.3. The molecule has 110 valence electrons. The molecule has 0 radical (unpaired) electrons. The Bertz CT molecular complexity index is 620. The van der Waals surface area contributed by atoms with Gasteiger partial charge in [0, 0.05) is 12.6 Å². The van der Waals surface area contributed by atoms with E-state index in [9.17, 15) is 19.6 Å². The van der Waals surface area contributed by atoms with E-state index in [1.165, 1.54) is 18.2 Å². The van der Waals surface area contributed by atoms with Gasteiger partial charge in [0.2, 0.25) is 0 Å². The van der Waals surface area contributed by atoms with Crippen LogP contribution in [0, 0.1) is 15.9 Å². The fourth-order valence-corrected chi connectivity index (χ4v) is 2.09. The molecule has 1 atom stereocenters. The van der Waals surface area contributed by atoms with Gasteiger partial charge in [0.05, 0.1) is 23.1 Å². The van der Waals surface area contributed by atoms with Gasteiger partial charge in [-0.15, -0.1) is 0 Å². The first-order chi connectivity index (χ1) is 10.1. The molecule has 0 aliphatic rings. The first-order valence-electron chi connectivity index (χ1n) is 6.44. The summed E-state index contributed by atoms with van der Waals surface area (Å²) in [6, 6.07) is 12.5. The monoisotopic (exact) mass is 290 g/mol. The lowest BCUT2D eigenvalue weighted by Crippen LogP contribution is -2.24. The summed E-state index contributed by atoms with van der Waals surface area (Å²) < 4.78 is 13.8. The van der Waals surface area contributed by atoms with Gasteiger partial charge in [-0.25, -0.2) is 4.39 Å². The van der Waals surface area contributed by atoms with E-state index in [2.05, 4.69) is 5.32 Å². The first-order valence-corrected chi connectivity index (χ1v) is 6.44. The molecule has 2 aromatic carbocycles. The van der Waals surface area contributed by atoms with Crippen molar-refractivity contribution in [1.29, 1.82) is 0 Å². The molecule has 21 heavy (non-hydrogen) atoms. The molecule has 0 aromatic heterocycles. The van der Waals surface area contributed by atoms with Crippen molar-refractivity contribution in [2.24, 2.45) is 0 Å². The fraction of sp³-hybridized carbons (Fsp3) is 0.200. The van der Waals surface area contributed by atoms with Gasteiger partial charge in [-0.2, -0.15) is 0 Å². The van der Waals surface area contributed by atoms with Crippen LogP contribution in [0.4, 0.5) is 10.1 Å². The van der Waals surface area contributed by atoms with Crippen LogP contribution in [0.25, 0.3) is 0 Å². The minimum atomic E-state index is -0.638. The quantitative estimate of drug-likeness (QED) is 0.633. The van der Waals surface area contributed by atoms with Gasteiger partial charge in [0.25, 0.3) is 5.69 Å². The smallest absolute Gasteiger partial charge is 0.276 e.